The SMILES string of the molecule is Cc1ccc(C(=O)[C@H](C)Sc2nnc(-c3ccc(C(C)(C)C)cc3)o2)cc1. The Kier molecular flexibility index (Phi) is 5.51. The molecule has 0 aliphatic carbocycles. The lowest BCUT2D eigenvalue weighted by atomic mass is 9.87. The van der Waals surface area contributed by atoms with Gasteiger partial charge in [-0.3, -0.25) is 4.79 Å². The van der Waals surface area contributed by atoms with Crippen LogP contribution in [0.15, 0.2) is 58.2 Å². The summed E-state index contributed by atoms with van der Waals surface area (Å²) in [6, 6.07) is 15.7. The fraction of sp³-hybridized carbons (Fsp3) is 0.318. The molecule has 3 aromatic rings. The van der Waals surface area contributed by atoms with E-state index in [-0.39, 0.29) is 16.4 Å². The van der Waals surface area contributed by atoms with Gasteiger partial charge in [0.05, 0.1) is 5.25 Å². The lowest BCUT2D eigenvalue weighted by molar-refractivity contribution is 0.0993. The summed E-state index contributed by atoms with van der Waals surface area (Å²) in [4.78, 5) is 12.6. The Hall–Kier alpha value is -2.40. The van der Waals surface area contributed by atoms with Crippen LogP contribution in [0.25, 0.3) is 11.5 Å². The van der Waals surface area contributed by atoms with Gasteiger partial charge in [-0.2, -0.15) is 0 Å². The fourth-order valence-electron chi connectivity index (χ4n) is 2.64. The van der Waals surface area contributed by atoms with Crippen molar-refractivity contribution in [3.63, 3.8) is 0 Å². The van der Waals surface area contributed by atoms with Gasteiger partial charge in [0.15, 0.2) is 5.78 Å². The molecule has 3 rings (SSSR count). The van der Waals surface area contributed by atoms with Gasteiger partial charge in [0.2, 0.25) is 5.89 Å². The quantitative estimate of drug-likeness (QED) is 0.419. The molecule has 1 atom stereocenters. The Labute approximate surface area is 164 Å². The third-order valence-electron chi connectivity index (χ3n) is 4.39. The number of benzene rings is 2. The summed E-state index contributed by atoms with van der Waals surface area (Å²) in [5.41, 5.74) is 4.04. The number of aryl methyl sites for hydroxylation is 1. The topological polar surface area (TPSA) is 56.0 Å². The number of aromatic nitrogens is 2. The molecule has 140 valence electrons. The van der Waals surface area contributed by atoms with Crippen LogP contribution < -0.4 is 0 Å². The largest absolute Gasteiger partial charge is 0.411 e. The predicted molar refractivity (Wildman–Crippen MR) is 109 cm³/mol. The number of hydrogen-bond acceptors (Lipinski definition) is 5. The molecule has 1 heterocycles. The van der Waals surface area contributed by atoms with E-state index < -0.39 is 0 Å². The molecule has 4 nitrogen and oxygen atoms in total. The smallest absolute Gasteiger partial charge is 0.277 e. The molecule has 0 N–H and O–H groups in total. The minimum atomic E-state index is -0.302. The molecule has 0 saturated carbocycles. The predicted octanol–water partition coefficient (Wildman–Crippen LogP) is 5.71. The van der Waals surface area contributed by atoms with Crippen molar-refractivity contribution >= 4 is 17.5 Å². The Morgan fingerprint density at radius 1 is 1.00 bits per heavy atom. The monoisotopic (exact) mass is 380 g/mol. The Balaban J connectivity index is 1.70. The van der Waals surface area contributed by atoms with E-state index in [0.717, 1.165) is 11.1 Å². The summed E-state index contributed by atoms with van der Waals surface area (Å²) in [5, 5.41) is 8.31. The van der Waals surface area contributed by atoms with E-state index in [4.69, 9.17) is 4.42 Å². The number of ketones is 1. The fourth-order valence-corrected chi connectivity index (χ4v) is 3.40. The maximum atomic E-state index is 12.6. The van der Waals surface area contributed by atoms with Crippen LogP contribution in [0.3, 0.4) is 0 Å². The number of carbonyl (C=O) groups is 1. The number of nitrogens with zero attached hydrogens (tertiary/aromatic N) is 2. The Morgan fingerprint density at radius 2 is 1.63 bits per heavy atom. The van der Waals surface area contributed by atoms with Crippen molar-refractivity contribution < 1.29 is 9.21 Å². The minimum Gasteiger partial charge on any atom is -0.411 e. The highest BCUT2D eigenvalue weighted by molar-refractivity contribution is 8.00. The lowest BCUT2D eigenvalue weighted by Gasteiger charge is -2.18. The van der Waals surface area contributed by atoms with E-state index in [1.54, 1.807) is 0 Å². The third kappa shape index (κ3) is 4.66. The minimum absolute atomic E-state index is 0.0503. The van der Waals surface area contributed by atoms with Gasteiger partial charge in [-0.1, -0.05) is 74.5 Å². The summed E-state index contributed by atoms with van der Waals surface area (Å²) in [7, 11) is 0. The number of carbonyl (C=O) groups excluding carboxylic acids is 1. The zero-order valence-corrected chi connectivity index (χ0v) is 17.1. The van der Waals surface area contributed by atoms with E-state index >= 15 is 0 Å². The van der Waals surface area contributed by atoms with Gasteiger partial charge >= 0.3 is 0 Å². The third-order valence-corrected chi connectivity index (χ3v) is 5.32. The molecule has 0 saturated heterocycles. The van der Waals surface area contributed by atoms with Crippen LogP contribution in [0.1, 0.15) is 49.2 Å². The molecule has 0 fully saturated rings. The number of rotatable bonds is 5. The highest BCUT2D eigenvalue weighted by Gasteiger charge is 2.20. The van der Waals surface area contributed by atoms with E-state index in [1.165, 1.54) is 17.3 Å². The van der Waals surface area contributed by atoms with Crippen molar-refractivity contribution in [2.24, 2.45) is 0 Å². The van der Waals surface area contributed by atoms with E-state index in [2.05, 4.69) is 43.1 Å². The second-order valence-corrected chi connectivity index (χ2v) is 8.98. The molecular formula is C22H24N2O2S. The van der Waals surface area contributed by atoms with Crippen LogP contribution in [0.5, 0.6) is 0 Å². The van der Waals surface area contributed by atoms with Gasteiger partial charge in [0, 0.05) is 11.1 Å². The Morgan fingerprint density at radius 3 is 2.22 bits per heavy atom. The summed E-state index contributed by atoms with van der Waals surface area (Å²) >= 11 is 1.28. The zero-order chi connectivity index (χ0) is 19.6. The molecule has 1 aromatic heterocycles. The first-order chi connectivity index (χ1) is 12.7. The maximum Gasteiger partial charge on any atom is 0.277 e. The van der Waals surface area contributed by atoms with Gasteiger partial charge in [-0.15, -0.1) is 10.2 Å². The van der Waals surface area contributed by atoms with Crippen molar-refractivity contribution in [2.75, 3.05) is 0 Å². The van der Waals surface area contributed by atoms with E-state index in [1.807, 2.05) is 50.2 Å². The highest BCUT2D eigenvalue weighted by Crippen LogP contribution is 2.29. The average Bonchev–Trinajstić information content (AvgIpc) is 3.09. The highest BCUT2D eigenvalue weighted by atomic mass is 32.2. The van der Waals surface area contributed by atoms with Crippen LogP contribution in [-0.4, -0.2) is 21.2 Å². The normalized spacial score (nSPS) is 12.8. The molecular weight excluding hydrogens is 356 g/mol. The van der Waals surface area contributed by atoms with Crippen molar-refractivity contribution in [2.45, 2.75) is 50.5 Å². The van der Waals surface area contributed by atoms with E-state index in [0.29, 0.717) is 16.7 Å². The van der Waals surface area contributed by atoms with Crippen molar-refractivity contribution in [3.05, 3.63) is 65.2 Å². The molecule has 2 aromatic carbocycles. The second kappa shape index (κ2) is 7.69. The van der Waals surface area contributed by atoms with Crippen LogP contribution in [0.2, 0.25) is 0 Å². The summed E-state index contributed by atoms with van der Waals surface area (Å²) < 4.78 is 5.76. The summed E-state index contributed by atoms with van der Waals surface area (Å²) in [5.74, 6) is 0.516. The van der Waals surface area contributed by atoms with Crippen LogP contribution in [-0.2, 0) is 5.41 Å². The zero-order valence-electron chi connectivity index (χ0n) is 16.3. The van der Waals surface area contributed by atoms with Gasteiger partial charge < -0.3 is 4.42 Å². The lowest BCUT2D eigenvalue weighted by Crippen LogP contribution is -2.13. The molecule has 0 aliphatic heterocycles. The molecule has 0 bridgehead atoms. The van der Waals surface area contributed by atoms with Gasteiger partial charge in [0.1, 0.15) is 0 Å². The van der Waals surface area contributed by atoms with E-state index in [9.17, 15) is 4.79 Å². The first kappa shape index (κ1) is 19.4. The first-order valence-electron chi connectivity index (χ1n) is 8.96. The van der Waals surface area contributed by atoms with Crippen LogP contribution in [0.4, 0.5) is 0 Å². The van der Waals surface area contributed by atoms with Crippen molar-refractivity contribution in [1.29, 1.82) is 0 Å². The van der Waals surface area contributed by atoms with Crippen LogP contribution in [0, 0.1) is 6.92 Å². The second-order valence-electron chi connectivity index (χ2n) is 7.69. The molecule has 0 spiro atoms. The molecule has 5 heteroatoms. The molecule has 27 heavy (non-hydrogen) atoms. The number of Topliss-reactive ketones (excluding diaryl/α,β-unsaturated/α-hetero) is 1. The van der Waals surface area contributed by atoms with Crippen molar-refractivity contribution in [1.82, 2.24) is 10.2 Å². The molecule has 0 unspecified atom stereocenters. The molecule has 0 radical (unpaired) electrons. The van der Waals surface area contributed by atoms with Crippen molar-refractivity contribution in [3.8, 4) is 11.5 Å². The van der Waals surface area contributed by atoms with Gasteiger partial charge in [-0.25, -0.2) is 0 Å². The average molecular weight is 381 g/mol. The summed E-state index contributed by atoms with van der Waals surface area (Å²) in [6.45, 7) is 10.4. The standard InChI is InChI=1S/C22H24N2O2S/c1-14-6-8-16(9-7-14)19(25)15(2)27-21-24-23-20(26-21)17-10-12-18(13-11-17)22(3,4)5/h6-13,15H,1-5H3/t15-/m0/s1. The number of thioether (sulfide) groups is 1. The van der Waals surface area contributed by atoms with Gasteiger partial charge in [-0.05, 0) is 37.0 Å². The molecule has 0 aliphatic rings. The Bertz CT molecular complexity index is 922. The maximum absolute atomic E-state index is 12.6. The first-order valence-corrected chi connectivity index (χ1v) is 9.84. The molecule has 0 amide bonds. The van der Waals surface area contributed by atoms with Crippen LogP contribution >= 0.6 is 11.8 Å². The van der Waals surface area contributed by atoms with Gasteiger partial charge in [0.25, 0.3) is 5.22 Å². The summed E-state index contributed by atoms with van der Waals surface area (Å²) in [6.07, 6.45) is 0. The number of hydrogen-bond donors (Lipinski definition) is 0.